The maximum absolute atomic E-state index is 10.9. The molecule has 1 fully saturated rings. The first-order valence-electron chi connectivity index (χ1n) is 5.02. The van der Waals surface area contributed by atoms with Gasteiger partial charge in [-0.1, -0.05) is 0 Å². The van der Waals surface area contributed by atoms with Gasteiger partial charge in [0.2, 0.25) is 0 Å². The van der Waals surface area contributed by atoms with Crippen molar-refractivity contribution >= 4 is 9.84 Å². The summed E-state index contributed by atoms with van der Waals surface area (Å²) < 4.78 is 27.2. The van der Waals surface area contributed by atoms with Gasteiger partial charge >= 0.3 is 0 Å². The molecule has 0 aromatic carbocycles. The first-order valence-corrected chi connectivity index (χ1v) is 7.08. The lowest BCUT2D eigenvalue weighted by Gasteiger charge is -2.29. The highest BCUT2D eigenvalue weighted by atomic mass is 32.2. The van der Waals surface area contributed by atoms with E-state index in [0.717, 1.165) is 19.4 Å². The second kappa shape index (κ2) is 5.09. The molecule has 0 spiro atoms. The van der Waals surface area contributed by atoms with Crippen molar-refractivity contribution in [1.82, 2.24) is 5.32 Å². The van der Waals surface area contributed by atoms with Crippen molar-refractivity contribution in [2.45, 2.75) is 31.9 Å². The summed E-state index contributed by atoms with van der Waals surface area (Å²) in [5.74, 6) is 0.121. The van der Waals surface area contributed by atoms with E-state index in [2.05, 4.69) is 12.2 Å². The summed E-state index contributed by atoms with van der Waals surface area (Å²) in [7, 11) is -2.89. The highest BCUT2D eigenvalue weighted by Crippen LogP contribution is 2.11. The molecule has 4 nitrogen and oxygen atoms in total. The summed E-state index contributed by atoms with van der Waals surface area (Å²) in [5.41, 5.74) is 0. The van der Waals surface area contributed by atoms with E-state index in [9.17, 15) is 8.42 Å². The van der Waals surface area contributed by atoms with Gasteiger partial charge in [0.1, 0.15) is 9.84 Å². The van der Waals surface area contributed by atoms with E-state index in [4.69, 9.17) is 4.74 Å². The maximum atomic E-state index is 10.9. The molecule has 1 saturated heterocycles. The first kappa shape index (κ1) is 11.9. The van der Waals surface area contributed by atoms with Crippen molar-refractivity contribution < 1.29 is 13.2 Å². The number of sulfone groups is 1. The molecule has 0 saturated carbocycles. The van der Waals surface area contributed by atoms with Crippen molar-refractivity contribution in [2.75, 3.05) is 25.2 Å². The Labute approximate surface area is 85.9 Å². The van der Waals surface area contributed by atoms with E-state index in [1.54, 1.807) is 0 Å². The van der Waals surface area contributed by atoms with Crippen LogP contribution >= 0.6 is 0 Å². The van der Waals surface area contributed by atoms with Gasteiger partial charge in [-0.3, -0.25) is 0 Å². The number of ether oxygens (including phenoxy) is 1. The van der Waals surface area contributed by atoms with Crippen LogP contribution in [0.2, 0.25) is 0 Å². The van der Waals surface area contributed by atoms with Crippen molar-refractivity contribution in [3.63, 3.8) is 0 Å². The van der Waals surface area contributed by atoms with Crippen molar-refractivity contribution in [2.24, 2.45) is 0 Å². The molecule has 84 valence electrons. The van der Waals surface area contributed by atoms with E-state index in [1.807, 2.05) is 0 Å². The van der Waals surface area contributed by atoms with E-state index in [0.29, 0.717) is 12.6 Å². The van der Waals surface area contributed by atoms with Gasteiger partial charge in [0.05, 0.1) is 18.5 Å². The molecule has 0 bridgehead atoms. The van der Waals surface area contributed by atoms with Gasteiger partial charge in [-0.2, -0.15) is 0 Å². The fraction of sp³-hybridized carbons (Fsp3) is 1.00. The van der Waals surface area contributed by atoms with Gasteiger partial charge in [0.25, 0.3) is 0 Å². The van der Waals surface area contributed by atoms with E-state index < -0.39 is 9.84 Å². The Balaban J connectivity index is 2.23. The fourth-order valence-electron chi connectivity index (χ4n) is 1.59. The average molecular weight is 221 g/mol. The Morgan fingerprint density at radius 1 is 1.50 bits per heavy atom. The normalized spacial score (nSPS) is 29.0. The molecule has 1 aliphatic heterocycles. The Morgan fingerprint density at radius 3 is 2.79 bits per heavy atom. The lowest BCUT2D eigenvalue weighted by molar-refractivity contribution is 0.0213. The molecule has 14 heavy (non-hydrogen) atoms. The summed E-state index contributed by atoms with van der Waals surface area (Å²) >= 11 is 0. The largest absolute Gasteiger partial charge is 0.376 e. The lowest BCUT2D eigenvalue weighted by atomic mass is 10.0. The van der Waals surface area contributed by atoms with Crippen molar-refractivity contribution in [3.05, 3.63) is 0 Å². The second-order valence-electron chi connectivity index (χ2n) is 3.92. The van der Waals surface area contributed by atoms with Crippen molar-refractivity contribution in [3.8, 4) is 0 Å². The molecule has 2 unspecified atom stereocenters. The van der Waals surface area contributed by atoms with Gasteiger partial charge < -0.3 is 10.1 Å². The molecule has 1 heterocycles. The minimum Gasteiger partial charge on any atom is -0.376 e. The predicted molar refractivity (Wildman–Crippen MR) is 56.1 cm³/mol. The zero-order valence-electron chi connectivity index (χ0n) is 8.82. The SMILES string of the molecule is CC1NCCCC1OCCS(C)(=O)=O. The Bertz CT molecular complexity index is 263. The van der Waals surface area contributed by atoms with Crippen LogP contribution in [-0.4, -0.2) is 45.7 Å². The molecular weight excluding hydrogens is 202 g/mol. The van der Waals surface area contributed by atoms with Crippen LogP contribution < -0.4 is 5.32 Å². The van der Waals surface area contributed by atoms with Crippen LogP contribution in [0.1, 0.15) is 19.8 Å². The van der Waals surface area contributed by atoms with Crippen LogP contribution in [-0.2, 0) is 14.6 Å². The van der Waals surface area contributed by atoms with Gasteiger partial charge in [-0.05, 0) is 26.3 Å². The lowest BCUT2D eigenvalue weighted by Crippen LogP contribution is -2.44. The van der Waals surface area contributed by atoms with E-state index >= 15 is 0 Å². The third kappa shape index (κ3) is 4.39. The second-order valence-corrected chi connectivity index (χ2v) is 6.18. The van der Waals surface area contributed by atoms with Crippen LogP contribution in [0.3, 0.4) is 0 Å². The van der Waals surface area contributed by atoms with Crippen LogP contribution in [0.4, 0.5) is 0 Å². The zero-order valence-corrected chi connectivity index (χ0v) is 9.64. The van der Waals surface area contributed by atoms with Gasteiger partial charge in [0, 0.05) is 12.3 Å². The molecule has 0 radical (unpaired) electrons. The van der Waals surface area contributed by atoms with Crippen LogP contribution in [0.15, 0.2) is 0 Å². The Morgan fingerprint density at radius 2 is 2.21 bits per heavy atom. The quantitative estimate of drug-likeness (QED) is 0.736. The van der Waals surface area contributed by atoms with Crippen LogP contribution in [0.5, 0.6) is 0 Å². The first-order chi connectivity index (χ1) is 6.49. The Hall–Kier alpha value is -0.130. The molecular formula is C9H19NO3S. The number of rotatable bonds is 4. The molecule has 0 amide bonds. The van der Waals surface area contributed by atoms with E-state index in [1.165, 1.54) is 6.26 Å². The number of hydrogen-bond donors (Lipinski definition) is 1. The molecule has 1 rings (SSSR count). The monoisotopic (exact) mass is 221 g/mol. The van der Waals surface area contributed by atoms with E-state index in [-0.39, 0.29) is 11.9 Å². The molecule has 0 aromatic heterocycles. The third-order valence-corrected chi connectivity index (χ3v) is 3.38. The number of piperidine rings is 1. The minimum atomic E-state index is -2.89. The molecule has 0 aliphatic carbocycles. The summed E-state index contributed by atoms with van der Waals surface area (Å²) in [5, 5.41) is 3.31. The van der Waals surface area contributed by atoms with Crippen LogP contribution in [0.25, 0.3) is 0 Å². The molecule has 1 aliphatic rings. The number of nitrogens with one attached hydrogen (secondary N) is 1. The molecule has 5 heteroatoms. The highest BCUT2D eigenvalue weighted by Gasteiger charge is 2.21. The number of hydrogen-bond acceptors (Lipinski definition) is 4. The topological polar surface area (TPSA) is 55.4 Å². The molecule has 0 aromatic rings. The smallest absolute Gasteiger partial charge is 0.149 e. The van der Waals surface area contributed by atoms with Gasteiger partial charge in [-0.15, -0.1) is 0 Å². The predicted octanol–water partition coefficient (Wildman–Crippen LogP) is 0.188. The Kier molecular flexibility index (Phi) is 4.34. The van der Waals surface area contributed by atoms with Crippen molar-refractivity contribution in [1.29, 1.82) is 0 Å². The minimum absolute atomic E-state index is 0.121. The highest BCUT2D eigenvalue weighted by molar-refractivity contribution is 7.90. The molecule has 1 N–H and O–H groups in total. The summed E-state index contributed by atoms with van der Waals surface area (Å²) in [6.07, 6.45) is 3.54. The summed E-state index contributed by atoms with van der Waals surface area (Å²) in [4.78, 5) is 0. The maximum Gasteiger partial charge on any atom is 0.149 e. The zero-order chi connectivity index (χ0) is 10.6. The molecule has 2 atom stereocenters. The summed E-state index contributed by atoms with van der Waals surface area (Å²) in [6.45, 7) is 3.42. The summed E-state index contributed by atoms with van der Waals surface area (Å²) in [6, 6.07) is 0.336. The van der Waals surface area contributed by atoms with Gasteiger partial charge in [0.15, 0.2) is 0 Å². The standard InChI is InChI=1S/C9H19NO3S/c1-8-9(4-3-5-10-8)13-6-7-14(2,11)12/h8-10H,3-7H2,1-2H3. The fourth-order valence-corrected chi connectivity index (χ4v) is 1.99. The third-order valence-electron chi connectivity index (χ3n) is 2.48. The van der Waals surface area contributed by atoms with Gasteiger partial charge in [-0.25, -0.2) is 8.42 Å². The average Bonchev–Trinajstić information content (AvgIpc) is 2.06. The van der Waals surface area contributed by atoms with Crippen LogP contribution in [0, 0.1) is 0 Å².